The minimum Gasteiger partial charge on any atom is -0.390 e. The Hall–Kier alpha value is -1.23. The van der Waals surface area contributed by atoms with Gasteiger partial charge in [0, 0.05) is 5.92 Å². The van der Waals surface area contributed by atoms with E-state index >= 15 is 0 Å². The van der Waals surface area contributed by atoms with Crippen LogP contribution in [0.1, 0.15) is 84.6 Å². The predicted molar refractivity (Wildman–Crippen MR) is 111 cm³/mol. The fourth-order valence-corrected chi connectivity index (χ4v) is 8.38. The molecule has 29 heavy (non-hydrogen) atoms. The maximum Gasteiger partial charge on any atom is 0.162 e. The molecule has 1 heterocycles. The number of aliphatic hydroxyl groups is 1. The van der Waals surface area contributed by atoms with E-state index in [1.807, 2.05) is 13.8 Å². The fourth-order valence-electron chi connectivity index (χ4n) is 8.38. The van der Waals surface area contributed by atoms with E-state index in [4.69, 9.17) is 0 Å². The molecule has 4 aliphatic carbocycles. The molecule has 5 nitrogen and oxygen atoms in total. The first-order valence-electron chi connectivity index (χ1n) is 11.9. The van der Waals surface area contributed by atoms with Crippen LogP contribution in [0.3, 0.4) is 0 Å². The Bertz CT molecular complexity index is 760. The number of aromatic nitrogens is 3. The number of carbonyl (C=O) groups excluding carboxylic acids is 1. The second-order valence-electron chi connectivity index (χ2n) is 11.3. The summed E-state index contributed by atoms with van der Waals surface area (Å²) in [7, 11) is 0. The van der Waals surface area contributed by atoms with Crippen molar-refractivity contribution in [1.29, 1.82) is 0 Å². The van der Waals surface area contributed by atoms with Crippen LogP contribution in [0.25, 0.3) is 0 Å². The molecule has 4 saturated carbocycles. The summed E-state index contributed by atoms with van der Waals surface area (Å²) in [6.45, 7) is 6.42. The van der Waals surface area contributed by atoms with Gasteiger partial charge in [0.1, 0.15) is 6.04 Å². The molecule has 0 aliphatic heterocycles. The van der Waals surface area contributed by atoms with Gasteiger partial charge in [-0.05, 0) is 107 Å². The van der Waals surface area contributed by atoms with Gasteiger partial charge in [-0.1, -0.05) is 6.92 Å². The van der Waals surface area contributed by atoms with E-state index in [1.54, 1.807) is 17.2 Å². The summed E-state index contributed by atoms with van der Waals surface area (Å²) in [5.74, 6) is 4.31. The van der Waals surface area contributed by atoms with Crippen molar-refractivity contribution in [3.05, 3.63) is 12.4 Å². The number of fused-ring (bicyclic) bond motifs is 5. The molecule has 0 radical (unpaired) electrons. The Morgan fingerprint density at radius 3 is 2.48 bits per heavy atom. The number of nitrogens with zero attached hydrogens (tertiary/aromatic N) is 3. The molecular weight excluding hydrogens is 362 g/mol. The second kappa shape index (κ2) is 6.90. The van der Waals surface area contributed by atoms with Gasteiger partial charge in [-0.3, -0.25) is 4.79 Å². The highest BCUT2D eigenvalue weighted by molar-refractivity contribution is 5.85. The summed E-state index contributed by atoms with van der Waals surface area (Å²) in [5, 5.41) is 19.0. The van der Waals surface area contributed by atoms with E-state index in [0.717, 1.165) is 37.0 Å². The van der Waals surface area contributed by atoms with Crippen LogP contribution in [0.4, 0.5) is 0 Å². The summed E-state index contributed by atoms with van der Waals surface area (Å²) in [6.07, 6.45) is 13.8. The van der Waals surface area contributed by atoms with Crippen LogP contribution < -0.4 is 0 Å². The normalized spacial score (nSPS) is 47.7. The van der Waals surface area contributed by atoms with Crippen LogP contribution in [0.5, 0.6) is 0 Å². The van der Waals surface area contributed by atoms with Crippen molar-refractivity contribution < 1.29 is 9.90 Å². The van der Waals surface area contributed by atoms with Crippen molar-refractivity contribution in [3.8, 4) is 0 Å². The number of carbonyl (C=O) groups is 1. The monoisotopic (exact) mass is 399 g/mol. The molecular formula is C24H37N3O2. The maximum atomic E-state index is 13.4. The van der Waals surface area contributed by atoms with Crippen molar-refractivity contribution in [1.82, 2.24) is 15.0 Å². The molecule has 160 valence electrons. The van der Waals surface area contributed by atoms with E-state index < -0.39 is 5.60 Å². The molecule has 0 saturated heterocycles. The van der Waals surface area contributed by atoms with Gasteiger partial charge < -0.3 is 5.11 Å². The summed E-state index contributed by atoms with van der Waals surface area (Å²) in [6, 6.07) is -0.264. The van der Waals surface area contributed by atoms with Crippen LogP contribution in [0.15, 0.2) is 12.4 Å². The first kappa shape index (κ1) is 19.7. The highest BCUT2D eigenvalue weighted by Crippen LogP contribution is 2.65. The number of ketones is 1. The molecule has 5 rings (SSSR count). The van der Waals surface area contributed by atoms with Gasteiger partial charge in [-0.15, -0.1) is 0 Å². The third kappa shape index (κ3) is 3.10. The zero-order chi connectivity index (χ0) is 20.4. The molecule has 5 heteroatoms. The molecule has 4 fully saturated rings. The van der Waals surface area contributed by atoms with Crippen molar-refractivity contribution in [3.63, 3.8) is 0 Å². The molecule has 0 bridgehead atoms. The average molecular weight is 400 g/mol. The minimum absolute atomic E-state index is 0.145. The first-order chi connectivity index (χ1) is 13.8. The Morgan fingerprint density at radius 1 is 1.00 bits per heavy atom. The third-order valence-electron chi connectivity index (χ3n) is 9.78. The lowest BCUT2D eigenvalue weighted by molar-refractivity contribution is -0.135. The Labute approximate surface area is 174 Å². The van der Waals surface area contributed by atoms with Crippen LogP contribution in [0, 0.1) is 40.9 Å². The van der Waals surface area contributed by atoms with Gasteiger partial charge in [0.15, 0.2) is 5.78 Å². The lowest BCUT2D eigenvalue weighted by Gasteiger charge is -2.57. The molecule has 9 atom stereocenters. The van der Waals surface area contributed by atoms with Gasteiger partial charge in [-0.25, -0.2) is 0 Å². The molecule has 4 aliphatic rings. The largest absolute Gasteiger partial charge is 0.390 e. The van der Waals surface area contributed by atoms with Crippen molar-refractivity contribution >= 4 is 5.78 Å². The number of Topliss-reactive ketones (excluding diaryl/α,β-unsaturated/α-hetero) is 1. The quantitative estimate of drug-likeness (QED) is 0.816. The third-order valence-corrected chi connectivity index (χ3v) is 9.78. The molecule has 0 aromatic carbocycles. The van der Waals surface area contributed by atoms with Crippen LogP contribution in [-0.2, 0) is 4.79 Å². The van der Waals surface area contributed by atoms with E-state index in [9.17, 15) is 9.90 Å². The maximum absolute atomic E-state index is 13.4. The van der Waals surface area contributed by atoms with Crippen molar-refractivity contribution in [2.24, 2.45) is 40.9 Å². The SMILES string of the molecule is CC(C(=O)C1CCC2C3CCC4C[C@](C)(O)CCC4C3CCC12C)n1nccn1. The van der Waals surface area contributed by atoms with Crippen LogP contribution in [0.2, 0.25) is 0 Å². The van der Waals surface area contributed by atoms with E-state index in [1.165, 1.54) is 38.5 Å². The highest BCUT2D eigenvalue weighted by atomic mass is 16.3. The summed E-state index contributed by atoms with van der Waals surface area (Å²) < 4.78 is 0. The van der Waals surface area contributed by atoms with Crippen LogP contribution >= 0.6 is 0 Å². The summed E-state index contributed by atoms with van der Waals surface area (Å²) >= 11 is 0. The van der Waals surface area contributed by atoms with E-state index in [-0.39, 0.29) is 17.4 Å². The zero-order valence-electron chi connectivity index (χ0n) is 18.3. The number of rotatable bonds is 3. The molecule has 1 aromatic rings. The Kier molecular flexibility index (Phi) is 4.69. The molecule has 8 unspecified atom stereocenters. The van der Waals surface area contributed by atoms with Gasteiger partial charge in [0.05, 0.1) is 18.0 Å². The lowest BCUT2D eigenvalue weighted by atomic mass is 9.49. The average Bonchev–Trinajstić information content (AvgIpc) is 3.33. The van der Waals surface area contributed by atoms with Gasteiger partial charge in [0.2, 0.25) is 0 Å². The van der Waals surface area contributed by atoms with Crippen LogP contribution in [-0.4, -0.2) is 31.5 Å². The minimum atomic E-state index is -0.446. The van der Waals surface area contributed by atoms with Crippen molar-refractivity contribution in [2.75, 3.05) is 0 Å². The summed E-state index contributed by atoms with van der Waals surface area (Å²) in [5.41, 5.74) is -0.300. The summed E-state index contributed by atoms with van der Waals surface area (Å²) in [4.78, 5) is 15.0. The zero-order valence-corrected chi connectivity index (χ0v) is 18.3. The fraction of sp³-hybridized carbons (Fsp3) is 0.875. The first-order valence-corrected chi connectivity index (χ1v) is 11.9. The molecule has 0 spiro atoms. The number of hydrogen-bond acceptors (Lipinski definition) is 4. The molecule has 0 amide bonds. The highest BCUT2D eigenvalue weighted by Gasteiger charge is 2.59. The van der Waals surface area contributed by atoms with E-state index in [2.05, 4.69) is 17.1 Å². The van der Waals surface area contributed by atoms with Gasteiger partial charge >= 0.3 is 0 Å². The van der Waals surface area contributed by atoms with E-state index in [0.29, 0.717) is 17.6 Å². The smallest absolute Gasteiger partial charge is 0.162 e. The predicted octanol–water partition coefficient (Wildman–Crippen LogP) is 4.43. The Morgan fingerprint density at radius 2 is 1.72 bits per heavy atom. The second-order valence-corrected chi connectivity index (χ2v) is 11.3. The van der Waals surface area contributed by atoms with Gasteiger partial charge in [0.25, 0.3) is 0 Å². The van der Waals surface area contributed by atoms with Gasteiger partial charge in [-0.2, -0.15) is 15.0 Å². The lowest BCUT2D eigenvalue weighted by Crippen LogP contribution is -2.51. The molecule has 1 aromatic heterocycles. The number of hydrogen-bond donors (Lipinski definition) is 1. The standard InChI is InChI=1S/C24H37N3O2/c1-15(27-25-12-13-26-27)22(28)21-7-6-20-19-5-4-16-14-23(2,29)10-8-17(16)18(19)9-11-24(20,21)3/h12-13,15-21,29H,4-11,14H2,1-3H3/t15?,16?,17?,18?,19?,20?,21?,23-,24?/m1/s1. The molecule has 1 N–H and O–H groups in total. The Balaban J connectivity index is 1.34. The topological polar surface area (TPSA) is 68.0 Å². The van der Waals surface area contributed by atoms with Crippen molar-refractivity contribution in [2.45, 2.75) is 90.2 Å².